The Kier molecular flexibility index (Phi) is 5.46. The molecule has 0 aliphatic rings. The van der Waals surface area contributed by atoms with Crippen LogP contribution in [0.15, 0.2) is 47.4 Å². The predicted octanol–water partition coefficient (Wildman–Crippen LogP) is 5.05. The van der Waals surface area contributed by atoms with Crippen molar-refractivity contribution < 1.29 is 4.39 Å². The minimum atomic E-state index is -0.245. The van der Waals surface area contributed by atoms with E-state index in [1.54, 1.807) is 23.9 Å². The zero-order chi connectivity index (χ0) is 14.5. The highest BCUT2D eigenvalue weighted by Gasteiger charge is 2.08. The van der Waals surface area contributed by atoms with E-state index in [4.69, 9.17) is 11.6 Å². The summed E-state index contributed by atoms with van der Waals surface area (Å²) in [6.45, 7) is 2.11. The molecule has 0 saturated heterocycles. The molecule has 0 aliphatic heterocycles. The first-order valence-electron chi connectivity index (χ1n) is 6.44. The van der Waals surface area contributed by atoms with Crippen LogP contribution in [0, 0.1) is 5.82 Å². The summed E-state index contributed by atoms with van der Waals surface area (Å²) in [5.41, 5.74) is 1.80. The number of benzene rings is 2. The Bertz CT molecular complexity index is 551. The zero-order valence-electron chi connectivity index (χ0n) is 11.5. The van der Waals surface area contributed by atoms with Gasteiger partial charge in [0.25, 0.3) is 0 Å². The molecule has 0 saturated carbocycles. The topological polar surface area (TPSA) is 12.0 Å². The third-order valence-corrected chi connectivity index (χ3v) is 4.65. The van der Waals surface area contributed by atoms with Crippen molar-refractivity contribution in [2.75, 3.05) is 7.05 Å². The van der Waals surface area contributed by atoms with E-state index in [-0.39, 0.29) is 5.82 Å². The molecule has 1 unspecified atom stereocenters. The Hall–Kier alpha value is -1.03. The van der Waals surface area contributed by atoms with Gasteiger partial charge in [-0.3, -0.25) is 0 Å². The van der Waals surface area contributed by atoms with Crippen LogP contribution in [-0.2, 0) is 5.75 Å². The Morgan fingerprint density at radius 3 is 2.50 bits per heavy atom. The van der Waals surface area contributed by atoms with Gasteiger partial charge in [-0.2, -0.15) is 0 Å². The summed E-state index contributed by atoms with van der Waals surface area (Å²) in [6, 6.07) is 13.4. The van der Waals surface area contributed by atoms with Gasteiger partial charge >= 0.3 is 0 Å². The van der Waals surface area contributed by atoms with Crippen molar-refractivity contribution in [3.05, 3.63) is 64.4 Å². The van der Waals surface area contributed by atoms with Crippen LogP contribution in [0.2, 0.25) is 5.02 Å². The predicted molar refractivity (Wildman–Crippen MR) is 84.9 cm³/mol. The van der Waals surface area contributed by atoms with E-state index in [0.29, 0.717) is 22.4 Å². The van der Waals surface area contributed by atoms with Crippen LogP contribution >= 0.6 is 23.4 Å². The van der Waals surface area contributed by atoms with Gasteiger partial charge in [-0.25, -0.2) is 4.39 Å². The van der Waals surface area contributed by atoms with E-state index in [2.05, 4.69) is 36.5 Å². The van der Waals surface area contributed by atoms with E-state index in [9.17, 15) is 4.39 Å². The van der Waals surface area contributed by atoms with Gasteiger partial charge in [0.15, 0.2) is 0 Å². The van der Waals surface area contributed by atoms with Crippen molar-refractivity contribution in [3.63, 3.8) is 0 Å². The first-order chi connectivity index (χ1) is 9.61. The summed E-state index contributed by atoms with van der Waals surface area (Å²) in [4.78, 5) is 1.11. The van der Waals surface area contributed by atoms with Crippen molar-refractivity contribution >= 4 is 23.4 Å². The number of halogens is 2. The standard InChI is InChI=1S/C16H17ClFNS/c1-11(19-2)12-6-8-13(9-7-12)20-10-14-15(17)4-3-5-16(14)18/h3-9,11,19H,10H2,1-2H3. The van der Waals surface area contributed by atoms with Gasteiger partial charge in [-0.1, -0.05) is 29.8 Å². The van der Waals surface area contributed by atoms with E-state index < -0.39 is 0 Å². The quantitative estimate of drug-likeness (QED) is 0.775. The highest BCUT2D eigenvalue weighted by molar-refractivity contribution is 7.98. The van der Waals surface area contributed by atoms with Crippen LogP contribution in [0.25, 0.3) is 0 Å². The average molecular weight is 310 g/mol. The molecule has 4 heteroatoms. The number of hydrogen-bond acceptors (Lipinski definition) is 2. The Morgan fingerprint density at radius 2 is 1.90 bits per heavy atom. The van der Waals surface area contributed by atoms with Gasteiger partial charge in [0.05, 0.1) is 0 Å². The normalized spacial score (nSPS) is 12.4. The molecule has 0 heterocycles. The number of thioether (sulfide) groups is 1. The summed E-state index contributed by atoms with van der Waals surface area (Å²) >= 11 is 7.60. The molecule has 1 nitrogen and oxygen atoms in total. The molecule has 2 aromatic rings. The zero-order valence-corrected chi connectivity index (χ0v) is 13.1. The largest absolute Gasteiger partial charge is 0.313 e. The van der Waals surface area contributed by atoms with E-state index in [1.165, 1.54) is 11.6 Å². The monoisotopic (exact) mass is 309 g/mol. The second-order valence-electron chi connectivity index (χ2n) is 4.57. The lowest BCUT2D eigenvalue weighted by Gasteiger charge is -2.11. The highest BCUT2D eigenvalue weighted by Crippen LogP contribution is 2.29. The number of nitrogens with one attached hydrogen (secondary N) is 1. The molecule has 0 spiro atoms. The van der Waals surface area contributed by atoms with Gasteiger partial charge in [-0.15, -0.1) is 11.8 Å². The van der Waals surface area contributed by atoms with Crippen molar-refractivity contribution in [3.8, 4) is 0 Å². The Labute approximate surface area is 128 Å². The van der Waals surface area contributed by atoms with Gasteiger partial charge in [0.1, 0.15) is 5.82 Å². The lowest BCUT2D eigenvalue weighted by atomic mass is 10.1. The van der Waals surface area contributed by atoms with Gasteiger partial charge in [0, 0.05) is 27.3 Å². The average Bonchev–Trinajstić information content (AvgIpc) is 2.46. The molecule has 2 rings (SSSR count). The highest BCUT2D eigenvalue weighted by atomic mass is 35.5. The van der Waals surface area contributed by atoms with Crippen LogP contribution in [0.5, 0.6) is 0 Å². The van der Waals surface area contributed by atoms with E-state index >= 15 is 0 Å². The summed E-state index contributed by atoms with van der Waals surface area (Å²) in [5, 5.41) is 3.68. The molecular weight excluding hydrogens is 293 g/mol. The van der Waals surface area contributed by atoms with Crippen LogP contribution in [0.4, 0.5) is 4.39 Å². The lowest BCUT2D eigenvalue weighted by molar-refractivity contribution is 0.617. The third-order valence-electron chi connectivity index (χ3n) is 3.26. The fourth-order valence-corrected chi connectivity index (χ4v) is 3.09. The van der Waals surface area contributed by atoms with Crippen LogP contribution in [0.3, 0.4) is 0 Å². The SMILES string of the molecule is CNC(C)c1ccc(SCc2c(F)cccc2Cl)cc1. The molecule has 1 N–H and O–H groups in total. The van der Waals surface area contributed by atoms with Crippen LogP contribution in [0.1, 0.15) is 24.1 Å². The summed E-state index contributed by atoms with van der Waals surface area (Å²) < 4.78 is 13.7. The maximum absolute atomic E-state index is 13.7. The van der Waals surface area contributed by atoms with Crippen LogP contribution in [-0.4, -0.2) is 7.05 Å². The maximum Gasteiger partial charge on any atom is 0.128 e. The molecule has 2 aromatic carbocycles. The third kappa shape index (κ3) is 3.75. The fraction of sp³-hybridized carbons (Fsp3) is 0.250. The van der Waals surface area contributed by atoms with Gasteiger partial charge < -0.3 is 5.32 Å². The molecule has 0 radical (unpaired) electrons. The van der Waals surface area contributed by atoms with Gasteiger partial charge in [0.2, 0.25) is 0 Å². The number of hydrogen-bond donors (Lipinski definition) is 1. The first-order valence-corrected chi connectivity index (χ1v) is 7.81. The molecule has 0 bridgehead atoms. The maximum atomic E-state index is 13.7. The van der Waals surface area contributed by atoms with E-state index in [1.807, 2.05) is 7.05 Å². The molecule has 0 aromatic heterocycles. The minimum Gasteiger partial charge on any atom is -0.313 e. The van der Waals surface area contributed by atoms with Crippen molar-refractivity contribution in [2.45, 2.75) is 23.6 Å². The van der Waals surface area contributed by atoms with Crippen molar-refractivity contribution in [2.24, 2.45) is 0 Å². The molecule has 0 amide bonds. The van der Waals surface area contributed by atoms with Crippen molar-refractivity contribution in [1.82, 2.24) is 5.32 Å². The first kappa shape index (κ1) is 15.4. The Morgan fingerprint density at radius 1 is 1.20 bits per heavy atom. The molecule has 0 fully saturated rings. The summed E-state index contributed by atoms with van der Waals surface area (Å²) in [6.07, 6.45) is 0. The molecule has 106 valence electrons. The molecular formula is C16H17ClFNS. The summed E-state index contributed by atoms with van der Waals surface area (Å²) in [7, 11) is 1.94. The molecule has 20 heavy (non-hydrogen) atoms. The van der Waals surface area contributed by atoms with Crippen LogP contribution < -0.4 is 5.32 Å². The fourth-order valence-electron chi connectivity index (χ4n) is 1.85. The molecule has 0 aliphatic carbocycles. The van der Waals surface area contributed by atoms with E-state index in [0.717, 1.165) is 4.90 Å². The Balaban J connectivity index is 2.04. The lowest BCUT2D eigenvalue weighted by Crippen LogP contribution is -2.11. The van der Waals surface area contributed by atoms with Gasteiger partial charge in [-0.05, 0) is 43.8 Å². The second-order valence-corrected chi connectivity index (χ2v) is 6.02. The number of rotatable bonds is 5. The smallest absolute Gasteiger partial charge is 0.128 e. The second kappa shape index (κ2) is 7.11. The van der Waals surface area contributed by atoms with Crippen molar-refractivity contribution in [1.29, 1.82) is 0 Å². The summed E-state index contributed by atoms with van der Waals surface area (Å²) in [5.74, 6) is 0.289. The molecule has 1 atom stereocenters. The minimum absolute atomic E-state index is 0.245.